The van der Waals surface area contributed by atoms with E-state index in [9.17, 15) is 4.79 Å². The fourth-order valence-electron chi connectivity index (χ4n) is 3.82. The molecule has 1 aromatic rings. The molecule has 2 saturated heterocycles. The number of nitrogens with zero attached hydrogens (tertiary/aromatic N) is 2. The number of benzene rings is 1. The topological polar surface area (TPSA) is 58.8 Å². The van der Waals surface area contributed by atoms with E-state index in [2.05, 4.69) is 11.8 Å². The quantitative estimate of drug-likeness (QED) is 0.864. The van der Waals surface area contributed by atoms with E-state index in [1.807, 2.05) is 11.0 Å². The van der Waals surface area contributed by atoms with Crippen LogP contribution in [0.25, 0.3) is 0 Å². The average molecular weight is 386 g/mol. The molecule has 1 aromatic carbocycles. The third-order valence-electron chi connectivity index (χ3n) is 5.18. The van der Waals surface area contributed by atoms with Gasteiger partial charge in [0.05, 0.1) is 13.2 Å². The zero-order valence-corrected chi connectivity index (χ0v) is 16.0. The Morgan fingerprint density at radius 3 is 2.68 bits per heavy atom. The van der Waals surface area contributed by atoms with Gasteiger partial charge in [-0.1, -0.05) is 29.3 Å². The molecule has 5 nitrogen and oxygen atoms in total. The third-order valence-corrected chi connectivity index (χ3v) is 5.74. The van der Waals surface area contributed by atoms with Gasteiger partial charge in [0.15, 0.2) is 0 Å². The highest BCUT2D eigenvalue weighted by atomic mass is 35.5. The van der Waals surface area contributed by atoms with Crippen molar-refractivity contribution >= 4 is 29.1 Å². The number of hydrogen-bond donors (Lipinski definition) is 1. The maximum Gasteiger partial charge on any atom is 0.244 e. The van der Waals surface area contributed by atoms with Crippen LogP contribution in [0.4, 0.5) is 0 Å². The maximum absolute atomic E-state index is 13.5. The molecule has 1 amide bonds. The van der Waals surface area contributed by atoms with Gasteiger partial charge in [-0.2, -0.15) is 0 Å². The number of ether oxygens (including phenoxy) is 1. The summed E-state index contributed by atoms with van der Waals surface area (Å²) in [5, 5.41) is 1.10. The van der Waals surface area contributed by atoms with Crippen LogP contribution in [-0.2, 0) is 9.53 Å². The Balaban J connectivity index is 1.91. The fourth-order valence-corrected chi connectivity index (χ4v) is 4.33. The van der Waals surface area contributed by atoms with Crippen LogP contribution >= 0.6 is 23.2 Å². The largest absolute Gasteiger partial charge is 0.379 e. The van der Waals surface area contributed by atoms with Crippen LogP contribution in [0, 0.1) is 5.92 Å². The predicted molar refractivity (Wildman–Crippen MR) is 99.9 cm³/mol. The first-order valence-corrected chi connectivity index (χ1v) is 9.54. The molecule has 2 N–H and O–H groups in total. The van der Waals surface area contributed by atoms with E-state index in [1.54, 1.807) is 12.1 Å². The summed E-state index contributed by atoms with van der Waals surface area (Å²) in [6, 6.07) is 5.14. The Kier molecular flexibility index (Phi) is 6.23. The Hall–Kier alpha value is -0.850. The molecule has 0 radical (unpaired) electrons. The van der Waals surface area contributed by atoms with Crippen molar-refractivity contribution in [3.8, 4) is 0 Å². The summed E-state index contributed by atoms with van der Waals surface area (Å²) in [5.74, 6) is 0.458. The van der Waals surface area contributed by atoms with Crippen molar-refractivity contribution < 1.29 is 9.53 Å². The van der Waals surface area contributed by atoms with Crippen LogP contribution in [0.2, 0.25) is 10.0 Å². The van der Waals surface area contributed by atoms with Crippen molar-refractivity contribution in [3.05, 3.63) is 33.8 Å². The Bertz CT molecular complexity index is 622. The van der Waals surface area contributed by atoms with Crippen LogP contribution in [0.3, 0.4) is 0 Å². The summed E-state index contributed by atoms with van der Waals surface area (Å²) in [4.78, 5) is 17.6. The van der Waals surface area contributed by atoms with Gasteiger partial charge in [0, 0.05) is 35.7 Å². The number of carbonyl (C=O) groups is 1. The van der Waals surface area contributed by atoms with Gasteiger partial charge in [0.1, 0.15) is 6.04 Å². The number of amides is 1. The summed E-state index contributed by atoms with van der Waals surface area (Å²) in [6.07, 6.45) is 0.951. The predicted octanol–water partition coefficient (Wildman–Crippen LogP) is 2.56. The third kappa shape index (κ3) is 4.12. The van der Waals surface area contributed by atoms with Crippen LogP contribution in [-0.4, -0.2) is 61.1 Å². The molecule has 2 aliphatic heterocycles. The zero-order valence-electron chi connectivity index (χ0n) is 14.5. The molecule has 0 aliphatic carbocycles. The summed E-state index contributed by atoms with van der Waals surface area (Å²) in [6.45, 7) is 6.07. The molecule has 3 unspecified atom stereocenters. The molecular formula is C18H25Cl2N3O2. The smallest absolute Gasteiger partial charge is 0.244 e. The van der Waals surface area contributed by atoms with E-state index in [0.717, 1.165) is 12.0 Å². The summed E-state index contributed by atoms with van der Waals surface area (Å²) < 4.78 is 5.46. The number of likely N-dealkylation sites (tertiary alicyclic amines) is 1. The summed E-state index contributed by atoms with van der Waals surface area (Å²) >= 11 is 12.5. The number of morpholine rings is 1. The van der Waals surface area contributed by atoms with E-state index < -0.39 is 6.04 Å². The molecule has 3 rings (SSSR count). The van der Waals surface area contributed by atoms with Crippen LogP contribution in [0.15, 0.2) is 18.2 Å². The van der Waals surface area contributed by atoms with E-state index >= 15 is 0 Å². The highest BCUT2D eigenvalue weighted by Crippen LogP contribution is 2.34. The van der Waals surface area contributed by atoms with E-state index in [4.69, 9.17) is 33.7 Å². The highest BCUT2D eigenvalue weighted by Gasteiger charge is 2.39. The highest BCUT2D eigenvalue weighted by molar-refractivity contribution is 6.35. The first-order valence-electron chi connectivity index (χ1n) is 8.78. The SMILES string of the molecule is CC1CC(CN)CN1C(=O)C(c1ccc(Cl)cc1Cl)N1CCOCC1. The van der Waals surface area contributed by atoms with Gasteiger partial charge < -0.3 is 15.4 Å². The first kappa shape index (κ1) is 18.9. The van der Waals surface area contributed by atoms with Gasteiger partial charge in [-0.25, -0.2) is 0 Å². The molecule has 2 heterocycles. The molecule has 2 fully saturated rings. The maximum atomic E-state index is 13.5. The number of halogens is 2. The van der Waals surface area contributed by atoms with Gasteiger partial charge in [-0.3, -0.25) is 9.69 Å². The van der Waals surface area contributed by atoms with Crippen molar-refractivity contribution in [3.63, 3.8) is 0 Å². The molecule has 25 heavy (non-hydrogen) atoms. The average Bonchev–Trinajstić information content (AvgIpc) is 2.99. The van der Waals surface area contributed by atoms with Crippen LogP contribution in [0.1, 0.15) is 24.9 Å². The second-order valence-electron chi connectivity index (χ2n) is 6.89. The van der Waals surface area contributed by atoms with Crippen molar-refractivity contribution in [2.75, 3.05) is 39.4 Å². The Labute approximate surface area is 159 Å². The Morgan fingerprint density at radius 2 is 2.08 bits per heavy atom. The van der Waals surface area contributed by atoms with Crippen molar-refractivity contribution in [2.24, 2.45) is 11.7 Å². The van der Waals surface area contributed by atoms with Gasteiger partial charge in [-0.15, -0.1) is 0 Å². The number of carbonyl (C=O) groups excluding carboxylic acids is 1. The normalized spacial score (nSPS) is 26.0. The standard InChI is InChI=1S/C18H25Cl2N3O2/c1-12-8-13(10-21)11-23(12)18(24)17(22-4-6-25-7-5-22)15-3-2-14(19)9-16(15)20/h2-3,9,12-13,17H,4-8,10-11,21H2,1H3. The van der Waals surface area contributed by atoms with E-state index in [0.29, 0.717) is 55.4 Å². The monoisotopic (exact) mass is 385 g/mol. The molecule has 0 aromatic heterocycles. The number of rotatable bonds is 4. The van der Waals surface area contributed by atoms with Crippen molar-refractivity contribution in [1.29, 1.82) is 0 Å². The molecule has 3 atom stereocenters. The van der Waals surface area contributed by atoms with Gasteiger partial charge in [0.2, 0.25) is 5.91 Å². The first-order chi connectivity index (χ1) is 12.0. The minimum atomic E-state index is -0.410. The lowest BCUT2D eigenvalue weighted by Gasteiger charge is -2.37. The van der Waals surface area contributed by atoms with Gasteiger partial charge in [-0.05, 0) is 43.5 Å². The molecule has 0 saturated carbocycles. The van der Waals surface area contributed by atoms with Crippen LogP contribution < -0.4 is 5.73 Å². The molecule has 0 bridgehead atoms. The molecule has 0 spiro atoms. The van der Waals surface area contributed by atoms with Crippen LogP contribution in [0.5, 0.6) is 0 Å². The Morgan fingerprint density at radius 1 is 1.36 bits per heavy atom. The van der Waals surface area contributed by atoms with Crippen molar-refractivity contribution in [1.82, 2.24) is 9.80 Å². The van der Waals surface area contributed by atoms with Gasteiger partial charge in [0.25, 0.3) is 0 Å². The van der Waals surface area contributed by atoms with Gasteiger partial charge >= 0.3 is 0 Å². The van der Waals surface area contributed by atoms with E-state index in [1.165, 1.54) is 0 Å². The van der Waals surface area contributed by atoms with Crippen molar-refractivity contribution in [2.45, 2.75) is 25.4 Å². The lowest BCUT2D eigenvalue weighted by atomic mass is 10.0. The number of hydrogen-bond acceptors (Lipinski definition) is 4. The lowest BCUT2D eigenvalue weighted by molar-refractivity contribution is -0.139. The zero-order chi connectivity index (χ0) is 18.0. The fraction of sp³-hybridized carbons (Fsp3) is 0.611. The number of nitrogens with two attached hydrogens (primary N) is 1. The van der Waals surface area contributed by atoms with E-state index in [-0.39, 0.29) is 11.9 Å². The molecule has 2 aliphatic rings. The summed E-state index contributed by atoms with van der Waals surface area (Å²) in [7, 11) is 0. The lowest BCUT2D eigenvalue weighted by Crippen LogP contribution is -2.48. The second-order valence-corrected chi connectivity index (χ2v) is 7.74. The second kappa shape index (κ2) is 8.23. The molecule has 138 valence electrons. The molecular weight excluding hydrogens is 361 g/mol. The minimum absolute atomic E-state index is 0.0922. The summed E-state index contributed by atoms with van der Waals surface area (Å²) in [5.41, 5.74) is 6.64. The minimum Gasteiger partial charge on any atom is -0.379 e. The molecule has 7 heteroatoms.